The molecule has 0 heterocycles. The first-order chi connectivity index (χ1) is 9.33. The molecule has 0 aliphatic heterocycles. The number of carbonyl (C=O) groups excluding carboxylic acids is 1. The molecule has 3 N–H and O–H groups in total. The molecule has 0 bridgehead atoms. The van der Waals surface area contributed by atoms with Gasteiger partial charge in [-0.2, -0.15) is 0 Å². The maximum atomic E-state index is 12.7. The number of ether oxygens (including phenoxy) is 1. The van der Waals surface area contributed by atoms with Crippen molar-refractivity contribution in [2.24, 2.45) is 5.73 Å². The Kier molecular flexibility index (Phi) is 5.95. The summed E-state index contributed by atoms with van der Waals surface area (Å²) in [6.45, 7) is 6.19. The van der Waals surface area contributed by atoms with Gasteiger partial charge in [0, 0.05) is 6.04 Å². The molecule has 5 heteroatoms. The summed E-state index contributed by atoms with van der Waals surface area (Å²) in [6.07, 6.45) is 1.26. The lowest BCUT2D eigenvalue weighted by molar-refractivity contribution is -0.124. The summed E-state index contributed by atoms with van der Waals surface area (Å²) < 4.78 is 18.2. The summed E-state index contributed by atoms with van der Waals surface area (Å²) in [5.74, 6) is -0.0447. The van der Waals surface area contributed by atoms with Gasteiger partial charge in [0.25, 0.3) is 0 Å². The zero-order chi connectivity index (χ0) is 15.2. The minimum atomic E-state index is -0.736. The second kappa shape index (κ2) is 7.24. The fourth-order valence-electron chi connectivity index (χ4n) is 2.05. The predicted octanol–water partition coefficient (Wildman–Crippen LogP) is 2.23. The Morgan fingerprint density at radius 2 is 2.00 bits per heavy atom. The van der Waals surface area contributed by atoms with Gasteiger partial charge in [0.05, 0.1) is 12.1 Å². The summed E-state index contributed by atoms with van der Waals surface area (Å²) in [7, 11) is 0. The number of halogens is 1. The molecule has 1 aromatic carbocycles. The number of benzene rings is 1. The molecule has 1 unspecified atom stereocenters. The van der Waals surface area contributed by atoms with E-state index < -0.39 is 5.54 Å². The fraction of sp³-hybridized carbons (Fsp3) is 0.533. The Labute approximate surface area is 119 Å². The zero-order valence-electron chi connectivity index (χ0n) is 12.3. The maximum Gasteiger partial charge on any atom is 0.237 e. The second-order valence-electron chi connectivity index (χ2n) is 5.40. The van der Waals surface area contributed by atoms with Crippen LogP contribution in [0.2, 0.25) is 0 Å². The first-order valence-corrected chi connectivity index (χ1v) is 6.79. The Balaban J connectivity index is 2.41. The lowest BCUT2D eigenvalue weighted by Gasteiger charge is -2.29. The number of nitrogens with two attached hydrogens (primary N) is 1. The third-order valence-corrected chi connectivity index (χ3v) is 3.05. The minimum Gasteiger partial charge on any atom is -0.494 e. The Hall–Kier alpha value is -1.62. The van der Waals surface area contributed by atoms with Crippen molar-refractivity contribution in [1.29, 1.82) is 0 Å². The van der Waals surface area contributed by atoms with Crippen LogP contribution < -0.4 is 15.8 Å². The highest BCUT2D eigenvalue weighted by atomic mass is 19.1. The van der Waals surface area contributed by atoms with Crippen LogP contribution in [0.3, 0.4) is 0 Å². The molecule has 1 rings (SSSR count). The van der Waals surface area contributed by atoms with E-state index in [1.165, 1.54) is 12.1 Å². The highest BCUT2D eigenvalue weighted by Crippen LogP contribution is 2.15. The van der Waals surface area contributed by atoms with E-state index in [0.717, 1.165) is 0 Å². The smallest absolute Gasteiger partial charge is 0.237 e. The average molecular weight is 282 g/mol. The quantitative estimate of drug-likeness (QED) is 0.719. The van der Waals surface area contributed by atoms with Crippen LogP contribution in [0, 0.1) is 5.82 Å². The summed E-state index contributed by atoms with van der Waals surface area (Å²) in [5, 5.41) is 3.18. The van der Waals surface area contributed by atoms with Crippen LogP contribution in [0.1, 0.15) is 33.6 Å². The first kappa shape index (κ1) is 16.4. The summed E-state index contributed by atoms with van der Waals surface area (Å²) >= 11 is 0. The van der Waals surface area contributed by atoms with Gasteiger partial charge in [-0.3, -0.25) is 4.79 Å². The summed E-state index contributed by atoms with van der Waals surface area (Å²) in [5.41, 5.74) is 4.71. The first-order valence-electron chi connectivity index (χ1n) is 6.79. The van der Waals surface area contributed by atoms with Gasteiger partial charge in [-0.05, 0) is 57.9 Å². The van der Waals surface area contributed by atoms with Crippen molar-refractivity contribution >= 4 is 5.91 Å². The fourth-order valence-corrected chi connectivity index (χ4v) is 2.05. The van der Waals surface area contributed by atoms with E-state index in [0.29, 0.717) is 25.2 Å². The number of carbonyl (C=O) groups is 1. The van der Waals surface area contributed by atoms with Gasteiger partial charge in [0.2, 0.25) is 5.91 Å². The lowest BCUT2D eigenvalue weighted by atomic mass is 9.94. The third-order valence-electron chi connectivity index (χ3n) is 3.05. The van der Waals surface area contributed by atoms with Crippen molar-refractivity contribution in [1.82, 2.24) is 5.32 Å². The SMILES string of the molecule is CC(C)NC(C)(CCCOc1ccc(F)cc1)C(N)=O. The normalized spacial score (nSPS) is 14.1. The van der Waals surface area contributed by atoms with Gasteiger partial charge in [-0.1, -0.05) is 0 Å². The molecule has 112 valence electrons. The molecule has 0 aliphatic carbocycles. The molecule has 20 heavy (non-hydrogen) atoms. The van der Waals surface area contributed by atoms with E-state index in [4.69, 9.17) is 10.5 Å². The van der Waals surface area contributed by atoms with Crippen molar-refractivity contribution in [2.45, 2.75) is 45.2 Å². The molecule has 0 aromatic heterocycles. The van der Waals surface area contributed by atoms with E-state index in [1.54, 1.807) is 19.1 Å². The van der Waals surface area contributed by atoms with Gasteiger partial charge in [-0.15, -0.1) is 0 Å². The number of rotatable bonds is 8. The van der Waals surface area contributed by atoms with Gasteiger partial charge < -0.3 is 15.8 Å². The molecule has 1 aromatic rings. The van der Waals surface area contributed by atoms with Crippen molar-refractivity contribution in [3.63, 3.8) is 0 Å². The molecule has 0 aliphatic rings. The highest BCUT2D eigenvalue weighted by molar-refractivity contribution is 5.84. The maximum absolute atomic E-state index is 12.7. The summed E-state index contributed by atoms with van der Waals surface area (Å²) in [6, 6.07) is 6.03. The topological polar surface area (TPSA) is 64.3 Å². The number of amides is 1. The van der Waals surface area contributed by atoms with Crippen molar-refractivity contribution < 1.29 is 13.9 Å². The lowest BCUT2D eigenvalue weighted by Crippen LogP contribution is -2.55. The second-order valence-corrected chi connectivity index (χ2v) is 5.40. The molecule has 0 radical (unpaired) electrons. The number of nitrogens with one attached hydrogen (secondary N) is 1. The monoisotopic (exact) mass is 282 g/mol. The van der Waals surface area contributed by atoms with Crippen LogP contribution in [0.5, 0.6) is 5.75 Å². The van der Waals surface area contributed by atoms with Crippen molar-refractivity contribution in [3.05, 3.63) is 30.1 Å². The molecule has 0 saturated heterocycles. The van der Waals surface area contributed by atoms with Crippen LogP contribution >= 0.6 is 0 Å². The van der Waals surface area contributed by atoms with Gasteiger partial charge in [0.1, 0.15) is 11.6 Å². The molecule has 1 amide bonds. The predicted molar refractivity (Wildman–Crippen MR) is 77.0 cm³/mol. The summed E-state index contributed by atoms with van der Waals surface area (Å²) in [4.78, 5) is 11.5. The van der Waals surface area contributed by atoms with E-state index in [2.05, 4.69) is 5.32 Å². The van der Waals surface area contributed by atoms with E-state index in [-0.39, 0.29) is 17.8 Å². The molecule has 4 nitrogen and oxygen atoms in total. The van der Waals surface area contributed by atoms with Crippen LogP contribution in [0.25, 0.3) is 0 Å². The molecule has 0 spiro atoms. The van der Waals surface area contributed by atoms with E-state index in [1.807, 2.05) is 13.8 Å². The van der Waals surface area contributed by atoms with Crippen LogP contribution in [0.15, 0.2) is 24.3 Å². The van der Waals surface area contributed by atoms with Crippen LogP contribution in [-0.4, -0.2) is 24.1 Å². The average Bonchev–Trinajstić information content (AvgIpc) is 2.36. The van der Waals surface area contributed by atoms with Crippen molar-refractivity contribution in [2.75, 3.05) is 6.61 Å². The number of primary amides is 1. The molecule has 0 fully saturated rings. The number of hydrogen-bond acceptors (Lipinski definition) is 3. The van der Waals surface area contributed by atoms with Crippen LogP contribution in [-0.2, 0) is 4.79 Å². The van der Waals surface area contributed by atoms with Gasteiger partial charge in [0.15, 0.2) is 0 Å². The minimum absolute atomic E-state index is 0.172. The zero-order valence-corrected chi connectivity index (χ0v) is 12.3. The Morgan fingerprint density at radius 3 is 2.50 bits per heavy atom. The Bertz CT molecular complexity index is 434. The molecular weight excluding hydrogens is 259 g/mol. The van der Waals surface area contributed by atoms with E-state index >= 15 is 0 Å². The van der Waals surface area contributed by atoms with Gasteiger partial charge in [-0.25, -0.2) is 4.39 Å². The standard InChI is InChI=1S/C15H23FN2O2/c1-11(2)18-15(3,14(17)19)9-4-10-20-13-7-5-12(16)6-8-13/h5-8,11,18H,4,9-10H2,1-3H3,(H2,17,19). The van der Waals surface area contributed by atoms with Crippen molar-refractivity contribution in [3.8, 4) is 5.75 Å². The van der Waals surface area contributed by atoms with E-state index in [9.17, 15) is 9.18 Å². The largest absolute Gasteiger partial charge is 0.494 e. The molecule has 1 atom stereocenters. The van der Waals surface area contributed by atoms with Crippen LogP contribution in [0.4, 0.5) is 4.39 Å². The highest BCUT2D eigenvalue weighted by Gasteiger charge is 2.30. The molecule has 0 saturated carbocycles. The van der Waals surface area contributed by atoms with Gasteiger partial charge >= 0.3 is 0 Å². The number of hydrogen-bond donors (Lipinski definition) is 2. The molecular formula is C15H23FN2O2. The Morgan fingerprint density at radius 1 is 1.40 bits per heavy atom. The third kappa shape index (κ3) is 5.17.